The van der Waals surface area contributed by atoms with Crippen LogP contribution in [0.5, 0.6) is 0 Å². The van der Waals surface area contributed by atoms with Crippen molar-refractivity contribution in [2.45, 2.75) is 45.4 Å². The van der Waals surface area contributed by atoms with Crippen LogP contribution in [0.25, 0.3) is 0 Å². The Morgan fingerprint density at radius 1 is 0.667 bits per heavy atom. The molecule has 0 aromatic heterocycles. The van der Waals surface area contributed by atoms with Crippen molar-refractivity contribution in [3.63, 3.8) is 0 Å². The molecule has 0 heteroatoms. The van der Waals surface area contributed by atoms with E-state index in [0.717, 1.165) is 5.92 Å². The SMILES string of the molecule is CCC1CC2C3CC(C12)C1C2C4CCC(C4)C2C31. The second-order valence-corrected chi connectivity index (χ2v) is 8.85. The zero-order chi connectivity index (χ0) is 11.6. The molecule has 0 spiro atoms. The normalized spacial score (nSPS) is 73.5. The summed E-state index contributed by atoms with van der Waals surface area (Å²) < 4.78 is 0. The lowest BCUT2D eigenvalue weighted by atomic mass is 9.41. The van der Waals surface area contributed by atoms with E-state index in [4.69, 9.17) is 0 Å². The lowest BCUT2D eigenvalue weighted by Crippen LogP contribution is -2.59. The van der Waals surface area contributed by atoms with E-state index < -0.39 is 0 Å². The molecule has 98 valence electrons. The summed E-state index contributed by atoms with van der Waals surface area (Å²) in [6, 6.07) is 0. The third-order valence-electron chi connectivity index (χ3n) is 9.10. The van der Waals surface area contributed by atoms with Gasteiger partial charge in [0.2, 0.25) is 0 Å². The summed E-state index contributed by atoms with van der Waals surface area (Å²) >= 11 is 0. The van der Waals surface area contributed by atoms with Gasteiger partial charge in [0.25, 0.3) is 0 Å². The maximum atomic E-state index is 2.45. The molecule has 0 aliphatic heterocycles. The van der Waals surface area contributed by atoms with Crippen LogP contribution in [0.1, 0.15) is 45.4 Å². The van der Waals surface area contributed by atoms with Gasteiger partial charge in [0.15, 0.2) is 0 Å². The zero-order valence-electron chi connectivity index (χ0n) is 11.6. The second kappa shape index (κ2) is 2.86. The summed E-state index contributed by atoms with van der Waals surface area (Å²) in [5.41, 5.74) is 0. The van der Waals surface area contributed by atoms with Crippen molar-refractivity contribution in [1.29, 1.82) is 0 Å². The maximum Gasteiger partial charge on any atom is -0.0315 e. The maximum absolute atomic E-state index is 2.45. The Bertz CT molecular complexity index is 412. The Morgan fingerprint density at radius 3 is 2.06 bits per heavy atom. The van der Waals surface area contributed by atoms with Crippen LogP contribution >= 0.6 is 0 Å². The number of fused-ring (bicyclic) bond motifs is 15. The van der Waals surface area contributed by atoms with Crippen LogP contribution in [-0.2, 0) is 0 Å². The van der Waals surface area contributed by atoms with Crippen LogP contribution in [0.2, 0.25) is 0 Å². The van der Waals surface area contributed by atoms with Crippen LogP contribution in [0.3, 0.4) is 0 Å². The zero-order valence-corrected chi connectivity index (χ0v) is 11.6. The highest BCUT2D eigenvalue weighted by atomic mass is 14.8. The fourth-order valence-electron chi connectivity index (χ4n) is 8.92. The molecule has 0 saturated heterocycles. The minimum absolute atomic E-state index is 1.16. The molecule has 0 N–H and O–H groups in total. The smallest absolute Gasteiger partial charge is 0.0315 e. The standard InChI is InChI=1S/C18H26/c1-2-8-6-11-12-7-13(14(8)11)18-16-10-4-3-9(5-10)15(16)17(12)18/h8-18H,2-7H2,1H3. The van der Waals surface area contributed by atoms with Gasteiger partial charge in [-0.1, -0.05) is 13.3 Å². The minimum Gasteiger partial charge on any atom is -0.0651 e. The lowest BCUT2D eigenvalue weighted by molar-refractivity contribution is -0.162. The molecule has 11 atom stereocenters. The average molecular weight is 242 g/mol. The molecule has 0 heterocycles. The molecule has 6 fully saturated rings. The first-order valence-electron chi connectivity index (χ1n) is 8.88. The predicted octanol–water partition coefficient (Wildman–Crippen LogP) is 4.21. The van der Waals surface area contributed by atoms with E-state index in [-0.39, 0.29) is 0 Å². The van der Waals surface area contributed by atoms with Gasteiger partial charge in [-0.15, -0.1) is 0 Å². The molecular formula is C18H26. The molecule has 4 bridgehead atoms. The minimum atomic E-state index is 1.16. The summed E-state index contributed by atoms with van der Waals surface area (Å²) in [5, 5.41) is 0. The van der Waals surface area contributed by atoms with Crippen molar-refractivity contribution in [2.75, 3.05) is 0 Å². The third kappa shape index (κ3) is 0.802. The fraction of sp³-hybridized carbons (Fsp3) is 1.00. The van der Waals surface area contributed by atoms with Crippen LogP contribution < -0.4 is 0 Å². The van der Waals surface area contributed by atoms with Gasteiger partial charge in [-0.05, 0) is 97.2 Å². The molecule has 6 aliphatic carbocycles. The molecule has 0 aromatic carbocycles. The third-order valence-corrected chi connectivity index (χ3v) is 9.10. The molecule has 6 saturated carbocycles. The Labute approximate surface area is 111 Å². The Kier molecular flexibility index (Phi) is 1.56. The summed E-state index contributed by atoms with van der Waals surface area (Å²) in [6.07, 6.45) is 9.72. The molecule has 0 nitrogen and oxygen atoms in total. The first kappa shape index (κ1) is 9.83. The summed E-state index contributed by atoms with van der Waals surface area (Å²) in [7, 11) is 0. The molecule has 11 unspecified atom stereocenters. The van der Waals surface area contributed by atoms with Crippen LogP contribution in [0.4, 0.5) is 0 Å². The Balaban J connectivity index is 1.37. The van der Waals surface area contributed by atoms with Gasteiger partial charge in [0.1, 0.15) is 0 Å². The molecule has 0 aromatic rings. The van der Waals surface area contributed by atoms with E-state index in [2.05, 4.69) is 6.92 Å². The van der Waals surface area contributed by atoms with Gasteiger partial charge in [-0.3, -0.25) is 0 Å². The highest BCUT2D eigenvalue weighted by molar-refractivity contribution is 5.23. The van der Waals surface area contributed by atoms with Crippen molar-refractivity contribution in [2.24, 2.45) is 65.1 Å². The first-order valence-corrected chi connectivity index (χ1v) is 8.88. The molecule has 0 amide bonds. The van der Waals surface area contributed by atoms with Crippen molar-refractivity contribution >= 4 is 0 Å². The Morgan fingerprint density at radius 2 is 1.33 bits per heavy atom. The van der Waals surface area contributed by atoms with Crippen molar-refractivity contribution in [3.05, 3.63) is 0 Å². The first-order chi connectivity index (χ1) is 8.88. The molecule has 18 heavy (non-hydrogen) atoms. The molecule has 6 rings (SSSR count). The molecular weight excluding hydrogens is 216 g/mol. The van der Waals surface area contributed by atoms with E-state index in [1.807, 2.05) is 0 Å². The van der Waals surface area contributed by atoms with E-state index in [9.17, 15) is 0 Å². The monoisotopic (exact) mass is 242 g/mol. The van der Waals surface area contributed by atoms with Crippen LogP contribution in [-0.4, -0.2) is 0 Å². The van der Waals surface area contributed by atoms with E-state index in [1.165, 1.54) is 65.6 Å². The topological polar surface area (TPSA) is 0 Å². The van der Waals surface area contributed by atoms with Gasteiger partial charge in [0.05, 0.1) is 0 Å². The highest BCUT2D eigenvalue weighted by Crippen LogP contribution is 2.80. The largest absolute Gasteiger partial charge is 0.0651 e. The van der Waals surface area contributed by atoms with Crippen LogP contribution in [0.15, 0.2) is 0 Å². The summed E-state index contributed by atoms with van der Waals surface area (Å²) in [5.74, 6) is 13.5. The van der Waals surface area contributed by atoms with E-state index in [0.29, 0.717) is 0 Å². The predicted molar refractivity (Wildman–Crippen MR) is 71.8 cm³/mol. The van der Waals surface area contributed by atoms with Crippen molar-refractivity contribution in [1.82, 2.24) is 0 Å². The average Bonchev–Trinajstić information content (AvgIpc) is 2.96. The quantitative estimate of drug-likeness (QED) is 0.604. The van der Waals surface area contributed by atoms with Crippen molar-refractivity contribution in [3.8, 4) is 0 Å². The summed E-state index contributed by atoms with van der Waals surface area (Å²) in [4.78, 5) is 0. The van der Waals surface area contributed by atoms with Gasteiger partial charge in [0, 0.05) is 0 Å². The second-order valence-electron chi connectivity index (χ2n) is 8.85. The molecule has 6 aliphatic rings. The number of rotatable bonds is 1. The lowest BCUT2D eigenvalue weighted by Gasteiger charge is -2.63. The molecule has 0 radical (unpaired) electrons. The number of hydrogen-bond donors (Lipinski definition) is 0. The van der Waals surface area contributed by atoms with Crippen LogP contribution in [0, 0.1) is 65.1 Å². The number of hydrogen-bond acceptors (Lipinski definition) is 0. The van der Waals surface area contributed by atoms with Gasteiger partial charge in [-0.25, -0.2) is 0 Å². The van der Waals surface area contributed by atoms with Gasteiger partial charge in [-0.2, -0.15) is 0 Å². The Hall–Kier alpha value is 0. The van der Waals surface area contributed by atoms with E-state index >= 15 is 0 Å². The van der Waals surface area contributed by atoms with Gasteiger partial charge >= 0.3 is 0 Å². The highest BCUT2D eigenvalue weighted by Gasteiger charge is 2.75. The summed E-state index contributed by atoms with van der Waals surface area (Å²) in [6.45, 7) is 2.45. The fourth-order valence-corrected chi connectivity index (χ4v) is 8.92. The van der Waals surface area contributed by atoms with Gasteiger partial charge < -0.3 is 0 Å². The van der Waals surface area contributed by atoms with E-state index in [1.54, 1.807) is 32.1 Å². The van der Waals surface area contributed by atoms with Crippen molar-refractivity contribution < 1.29 is 0 Å².